The van der Waals surface area contributed by atoms with Crippen LogP contribution in [0.5, 0.6) is 5.75 Å². The summed E-state index contributed by atoms with van der Waals surface area (Å²) < 4.78 is 7.47. The number of thiophene rings is 1. The third-order valence-corrected chi connectivity index (χ3v) is 5.09. The molecule has 19 heavy (non-hydrogen) atoms. The number of hydrogen-bond donors (Lipinski definition) is 1. The second-order valence-corrected chi connectivity index (χ2v) is 7.68. The van der Waals surface area contributed by atoms with Crippen molar-refractivity contribution in [3.8, 4) is 5.75 Å². The van der Waals surface area contributed by atoms with Crippen molar-refractivity contribution in [2.45, 2.75) is 13.0 Å². The van der Waals surface area contributed by atoms with Crippen molar-refractivity contribution < 1.29 is 4.74 Å². The van der Waals surface area contributed by atoms with Gasteiger partial charge in [-0.05, 0) is 61.7 Å². The average molecular weight is 406 g/mol. The summed E-state index contributed by atoms with van der Waals surface area (Å²) in [5, 5.41) is 3.48. The fourth-order valence-corrected chi connectivity index (χ4v) is 4.77. The van der Waals surface area contributed by atoms with E-state index >= 15 is 0 Å². The number of aromatic nitrogens is 1. The highest BCUT2D eigenvalue weighted by Gasteiger charge is 2.19. The van der Waals surface area contributed by atoms with Crippen LogP contribution in [0.25, 0.3) is 0 Å². The van der Waals surface area contributed by atoms with Gasteiger partial charge in [-0.25, -0.2) is 0 Å². The largest absolute Gasteiger partial charge is 0.495 e. The third kappa shape index (κ3) is 3.56. The normalized spacial score (nSPS) is 12.4. The smallest absolute Gasteiger partial charge is 0.137 e. The molecule has 0 spiro atoms. The van der Waals surface area contributed by atoms with Crippen molar-refractivity contribution in [2.75, 3.05) is 13.7 Å². The standard InChI is InChI=1S/C13H14Br2N2OS/c1-3-17-12(10-5-11(14)19-13(10)15)8-4-9(18-2)7-16-6-8/h4-7,12,17H,3H2,1-2H3. The van der Waals surface area contributed by atoms with Crippen LogP contribution in [0.2, 0.25) is 0 Å². The maximum Gasteiger partial charge on any atom is 0.137 e. The lowest BCUT2D eigenvalue weighted by atomic mass is 10.0. The van der Waals surface area contributed by atoms with E-state index in [0.29, 0.717) is 0 Å². The first-order valence-electron chi connectivity index (χ1n) is 5.82. The molecule has 0 aliphatic rings. The Kier molecular flexibility index (Phi) is 5.38. The molecule has 0 fully saturated rings. The second kappa shape index (κ2) is 6.83. The molecule has 0 amide bonds. The van der Waals surface area contributed by atoms with Crippen molar-refractivity contribution >= 4 is 43.2 Å². The Morgan fingerprint density at radius 2 is 2.16 bits per heavy atom. The van der Waals surface area contributed by atoms with Gasteiger partial charge in [-0.3, -0.25) is 4.98 Å². The first-order valence-corrected chi connectivity index (χ1v) is 8.23. The molecule has 2 aromatic heterocycles. The predicted octanol–water partition coefficient (Wildman–Crippen LogP) is 4.38. The van der Waals surface area contributed by atoms with Crippen LogP contribution in [0.3, 0.4) is 0 Å². The van der Waals surface area contributed by atoms with Crippen molar-refractivity contribution in [1.82, 2.24) is 10.3 Å². The van der Waals surface area contributed by atoms with Gasteiger partial charge in [0, 0.05) is 6.20 Å². The maximum atomic E-state index is 5.25. The Morgan fingerprint density at radius 3 is 2.74 bits per heavy atom. The van der Waals surface area contributed by atoms with Gasteiger partial charge in [0.2, 0.25) is 0 Å². The third-order valence-electron chi connectivity index (χ3n) is 2.71. The average Bonchev–Trinajstić information content (AvgIpc) is 2.75. The number of nitrogens with zero attached hydrogens (tertiary/aromatic N) is 1. The Labute approximate surface area is 133 Å². The van der Waals surface area contributed by atoms with E-state index in [4.69, 9.17) is 4.74 Å². The summed E-state index contributed by atoms with van der Waals surface area (Å²) in [5.41, 5.74) is 2.29. The highest BCUT2D eigenvalue weighted by Crippen LogP contribution is 2.38. The fourth-order valence-electron chi connectivity index (χ4n) is 1.87. The van der Waals surface area contributed by atoms with Gasteiger partial charge in [0.25, 0.3) is 0 Å². The number of methoxy groups -OCH3 is 1. The van der Waals surface area contributed by atoms with E-state index in [9.17, 15) is 0 Å². The Hall–Kier alpha value is -0.430. The molecule has 1 N–H and O–H groups in total. The SMILES string of the molecule is CCNC(c1cncc(OC)c1)c1cc(Br)sc1Br. The Bertz CT molecular complexity index is 559. The number of ether oxygens (including phenoxy) is 1. The van der Waals surface area contributed by atoms with Crippen LogP contribution in [-0.4, -0.2) is 18.6 Å². The summed E-state index contributed by atoms with van der Waals surface area (Å²) in [6.45, 7) is 2.97. The van der Waals surface area contributed by atoms with Crippen LogP contribution in [-0.2, 0) is 0 Å². The van der Waals surface area contributed by atoms with Crippen LogP contribution in [0.1, 0.15) is 24.1 Å². The Balaban J connectivity index is 2.41. The zero-order valence-electron chi connectivity index (χ0n) is 10.6. The zero-order chi connectivity index (χ0) is 13.8. The van der Waals surface area contributed by atoms with Crippen LogP contribution in [0.15, 0.2) is 32.1 Å². The molecule has 1 unspecified atom stereocenters. The van der Waals surface area contributed by atoms with Crippen LogP contribution in [0, 0.1) is 0 Å². The van der Waals surface area contributed by atoms with Crippen molar-refractivity contribution in [2.24, 2.45) is 0 Å². The first-order chi connectivity index (χ1) is 9.15. The first kappa shape index (κ1) is 15.0. The summed E-state index contributed by atoms with van der Waals surface area (Å²) in [6.07, 6.45) is 3.58. The number of halogens is 2. The van der Waals surface area contributed by atoms with E-state index in [1.165, 1.54) is 5.56 Å². The fraction of sp³-hybridized carbons (Fsp3) is 0.308. The lowest BCUT2D eigenvalue weighted by Crippen LogP contribution is -2.22. The molecule has 2 rings (SSSR count). The predicted molar refractivity (Wildman–Crippen MR) is 86.0 cm³/mol. The second-order valence-electron chi connectivity index (χ2n) is 3.93. The quantitative estimate of drug-likeness (QED) is 0.801. The minimum absolute atomic E-state index is 0.101. The van der Waals surface area contributed by atoms with Gasteiger partial charge < -0.3 is 10.1 Å². The van der Waals surface area contributed by atoms with Gasteiger partial charge in [-0.2, -0.15) is 0 Å². The molecule has 0 saturated heterocycles. The molecule has 0 saturated carbocycles. The lowest BCUT2D eigenvalue weighted by molar-refractivity contribution is 0.411. The molecule has 0 aromatic carbocycles. The topological polar surface area (TPSA) is 34.2 Å². The molecule has 6 heteroatoms. The molecule has 102 valence electrons. The molecule has 0 aliphatic carbocycles. The minimum Gasteiger partial charge on any atom is -0.495 e. The number of hydrogen-bond acceptors (Lipinski definition) is 4. The van der Waals surface area contributed by atoms with Crippen molar-refractivity contribution in [3.05, 3.63) is 43.2 Å². The molecule has 0 bridgehead atoms. The Morgan fingerprint density at radius 1 is 1.37 bits per heavy atom. The van der Waals surface area contributed by atoms with Gasteiger partial charge in [0.15, 0.2) is 0 Å². The van der Waals surface area contributed by atoms with Gasteiger partial charge in [-0.15, -0.1) is 11.3 Å². The van der Waals surface area contributed by atoms with Gasteiger partial charge in [-0.1, -0.05) is 6.92 Å². The van der Waals surface area contributed by atoms with E-state index in [2.05, 4.69) is 55.2 Å². The zero-order valence-corrected chi connectivity index (χ0v) is 14.6. The summed E-state index contributed by atoms with van der Waals surface area (Å²) in [7, 11) is 1.65. The summed E-state index contributed by atoms with van der Waals surface area (Å²) in [6, 6.07) is 4.24. The highest BCUT2D eigenvalue weighted by atomic mass is 79.9. The molecule has 0 radical (unpaired) electrons. The molecule has 0 aliphatic heterocycles. The van der Waals surface area contributed by atoms with Crippen molar-refractivity contribution in [3.63, 3.8) is 0 Å². The molecule has 2 heterocycles. The summed E-state index contributed by atoms with van der Waals surface area (Å²) in [4.78, 5) is 4.23. The molecule has 3 nitrogen and oxygen atoms in total. The van der Waals surface area contributed by atoms with Crippen LogP contribution in [0.4, 0.5) is 0 Å². The molecule has 1 atom stereocenters. The van der Waals surface area contributed by atoms with Crippen molar-refractivity contribution in [1.29, 1.82) is 0 Å². The molecular weight excluding hydrogens is 392 g/mol. The maximum absolute atomic E-state index is 5.25. The summed E-state index contributed by atoms with van der Waals surface area (Å²) in [5.74, 6) is 0.769. The summed E-state index contributed by atoms with van der Waals surface area (Å²) >= 11 is 8.81. The number of pyridine rings is 1. The number of rotatable bonds is 5. The molecule has 2 aromatic rings. The highest BCUT2D eigenvalue weighted by molar-refractivity contribution is 9.12. The van der Waals surface area contributed by atoms with E-state index < -0.39 is 0 Å². The van der Waals surface area contributed by atoms with Crippen LogP contribution < -0.4 is 10.1 Å². The van der Waals surface area contributed by atoms with Gasteiger partial charge in [0.05, 0.1) is 26.9 Å². The van der Waals surface area contributed by atoms with E-state index in [1.54, 1.807) is 24.6 Å². The van der Waals surface area contributed by atoms with E-state index in [1.807, 2.05) is 12.3 Å². The lowest BCUT2D eigenvalue weighted by Gasteiger charge is -2.18. The monoisotopic (exact) mass is 404 g/mol. The van der Waals surface area contributed by atoms with Gasteiger partial charge in [0.1, 0.15) is 5.75 Å². The molecular formula is C13H14Br2N2OS. The minimum atomic E-state index is 0.101. The van der Waals surface area contributed by atoms with Gasteiger partial charge >= 0.3 is 0 Å². The number of nitrogens with one attached hydrogen (secondary N) is 1. The van der Waals surface area contributed by atoms with Crippen LogP contribution >= 0.6 is 43.2 Å². The van der Waals surface area contributed by atoms with E-state index in [-0.39, 0.29) is 6.04 Å². The van der Waals surface area contributed by atoms with E-state index in [0.717, 1.165) is 25.4 Å².